The summed E-state index contributed by atoms with van der Waals surface area (Å²) < 4.78 is 10.0. The molecule has 1 aliphatic rings. The Morgan fingerprint density at radius 2 is 2.00 bits per heavy atom. The molecule has 150 valence electrons. The number of carbonyl (C=O) groups excluding carboxylic acids is 2. The third kappa shape index (κ3) is 4.88. The molecule has 2 rings (SSSR count). The number of hydrogen-bond donors (Lipinski definition) is 2. The molecule has 0 aromatic heterocycles. The van der Waals surface area contributed by atoms with Crippen molar-refractivity contribution in [3.63, 3.8) is 0 Å². The number of phenols is 1. The second kappa shape index (κ2) is 9.66. The minimum atomic E-state index is -0.764. The van der Waals surface area contributed by atoms with Gasteiger partial charge >= 0.3 is 5.97 Å². The molecule has 2 N–H and O–H groups in total. The summed E-state index contributed by atoms with van der Waals surface area (Å²) in [6.45, 7) is 3.59. The van der Waals surface area contributed by atoms with Crippen LogP contribution in [0.2, 0.25) is 5.02 Å². The Hall–Kier alpha value is -2.45. The number of nitrogens with zero attached hydrogens (tertiary/aromatic N) is 1. The SMILES string of the molecule is CCCC(=O)N=C1S/C(=C\c2cc(Cl)c(O)c(OC)c2)C(O)=C1C(=O)OCC. The van der Waals surface area contributed by atoms with Gasteiger partial charge in [-0.2, -0.15) is 0 Å². The van der Waals surface area contributed by atoms with Crippen molar-refractivity contribution in [1.82, 2.24) is 0 Å². The third-order valence-corrected chi connectivity index (χ3v) is 4.94. The standard InChI is InChI=1S/C19H20ClNO6S/c1-4-6-14(22)21-18-15(19(25)27-5-2)17(24)13(28-18)9-10-7-11(20)16(23)12(8-10)26-3/h7-9,23-24H,4-6H2,1-3H3/b13-9-,21-18?. The fourth-order valence-electron chi connectivity index (χ4n) is 2.36. The van der Waals surface area contributed by atoms with Crippen LogP contribution >= 0.6 is 23.4 Å². The van der Waals surface area contributed by atoms with Crippen LogP contribution in [-0.2, 0) is 14.3 Å². The molecule has 7 nitrogen and oxygen atoms in total. The smallest absolute Gasteiger partial charge is 0.344 e. The summed E-state index contributed by atoms with van der Waals surface area (Å²) in [5.41, 5.74) is 0.359. The molecular formula is C19H20ClNO6S. The van der Waals surface area contributed by atoms with Gasteiger partial charge < -0.3 is 19.7 Å². The second-order valence-electron chi connectivity index (χ2n) is 5.67. The predicted molar refractivity (Wildman–Crippen MR) is 109 cm³/mol. The van der Waals surface area contributed by atoms with Crippen LogP contribution in [0.4, 0.5) is 0 Å². The molecule has 0 aliphatic carbocycles. The van der Waals surface area contributed by atoms with Gasteiger partial charge in [0.15, 0.2) is 11.5 Å². The molecule has 0 radical (unpaired) electrons. The lowest BCUT2D eigenvalue weighted by molar-refractivity contribution is -0.138. The monoisotopic (exact) mass is 425 g/mol. The van der Waals surface area contributed by atoms with E-state index in [9.17, 15) is 19.8 Å². The Kier molecular flexibility index (Phi) is 7.53. The zero-order valence-corrected chi connectivity index (χ0v) is 17.2. The number of aliphatic hydroxyl groups is 1. The van der Waals surface area contributed by atoms with Crippen LogP contribution in [0.5, 0.6) is 11.5 Å². The Balaban J connectivity index is 2.51. The number of aromatic hydroxyl groups is 1. The summed E-state index contributed by atoms with van der Waals surface area (Å²) in [4.78, 5) is 28.4. The molecule has 0 unspecified atom stereocenters. The Morgan fingerprint density at radius 1 is 1.29 bits per heavy atom. The number of hydrogen-bond acceptors (Lipinski definition) is 7. The van der Waals surface area contributed by atoms with E-state index in [1.807, 2.05) is 6.92 Å². The number of benzene rings is 1. The van der Waals surface area contributed by atoms with Crippen LogP contribution in [0, 0.1) is 0 Å². The van der Waals surface area contributed by atoms with Crippen LogP contribution in [-0.4, -0.2) is 40.8 Å². The molecule has 9 heteroatoms. The van der Waals surface area contributed by atoms with Crippen molar-refractivity contribution in [1.29, 1.82) is 0 Å². The first-order valence-corrected chi connectivity index (χ1v) is 9.70. The number of aliphatic imine (C=N–C) groups is 1. The van der Waals surface area contributed by atoms with E-state index in [4.69, 9.17) is 21.1 Å². The normalized spacial score (nSPS) is 16.7. The molecule has 28 heavy (non-hydrogen) atoms. The van der Waals surface area contributed by atoms with E-state index in [0.717, 1.165) is 11.8 Å². The van der Waals surface area contributed by atoms with Gasteiger partial charge in [-0.15, -0.1) is 0 Å². The lowest BCUT2D eigenvalue weighted by Crippen LogP contribution is -2.14. The zero-order valence-electron chi connectivity index (χ0n) is 15.6. The highest BCUT2D eigenvalue weighted by Crippen LogP contribution is 2.41. The van der Waals surface area contributed by atoms with Gasteiger partial charge in [0.2, 0.25) is 5.91 Å². The predicted octanol–water partition coefficient (Wildman–Crippen LogP) is 4.24. The van der Waals surface area contributed by atoms with Gasteiger partial charge in [0.1, 0.15) is 16.4 Å². The highest BCUT2D eigenvalue weighted by molar-refractivity contribution is 8.18. The number of phenolic OH excluding ortho intramolecular Hbond substituents is 1. The number of aliphatic hydroxyl groups excluding tert-OH is 1. The van der Waals surface area contributed by atoms with Crippen molar-refractivity contribution in [2.24, 2.45) is 4.99 Å². The number of halogens is 1. The van der Waals surface area contributed by atoms with E-state index in [0.29, 0.717) is 12.0 Å². The van der Waals surface area contributed by atoms with E-state index >= 15 is 0 Å². The van der Waals surface area contributed by atoms with Crippen LogP contribution < -0.4 is 4.74 Å². The molecule has 0 atom stereocenters. The van der Waals surface area contributed by atoms with Crippen LogP contribution in [0.15, 0.2) is 33.4 Å². The summed E-state index contributed by atoms with van der Waals surface area (Å²) in [5, 5.41) is 20.5. The average Bonchev–Trinajstić information content (AvgIpc) is 2.93. The van der Waals surface area contributed by atoms with Crippen LogP contribution in [0.1, 0.15) is 32.3 Å². The van der Waals surface area contributed by atoms with Gasteiger partial charge in [-0.05, 0) is 37.1 Å². The first-order valence-electron chi connectivity index (χ1n) is 8.50. The first-order chi connectivity index (χ1) is 13.3. The molecule has 1 aromatic carbocycles. The van der Waals surface area contributed by atoms with E-state index in [1.165, 1.54) is 19.2 Å². The molecule has 1 heterocycles. The van der Waals surface area contributed by atoms with E-state index < -0.39 is 11.9 Å². The number of ether oxygens (including phenoxy) is 2. The highest BCUT2D eigenvalue weighted by Gasteiger charge is 2.33. The van der Waals surface area contributed by atoms with E-state index in [2.05, 4.69) is 4.99 Å². The van der Waals surface area contributed by atoms with Crippen molar-refractivity contribution < 1.29 is 29.3 Å². The number of rotatable bonds is 6. The zero-order chi connectivity index (χ0) is 20.8. The van der Waals surface area contributed by atoms with Gasteiger partial charge in [0.25, 0.3) is 0 Å². The van der Waals surface area contributed by atoms with Crippen molar-refractivity contribution in [2.75, 3.05) is 13.7 Å². The second-order valence-corrected chi connectivity index (χ2v) is 7.11. The summed E-state index contributed by atoms with van der Waals surface area (Å²) >= 11 is 6.96. The van der Waals surface area contributed by atoms with Gasteiger partial charge in [-0.1, -0.05) is 30.3 Å². The van der Waals surface area contributed by atoms with Crippen LogP contribution in [0.3, 0.4) is 0 Å². The maximum Gasteiger partial charge on any atom is 0.344 e. The van der Waals surface area contributed by atoms with Gasteiger partial charge in [0, 0.05) is 6.42 Å². The maximum atomic E-state index is 12.3. The fourth-order valence-corrected chi connectivity index (χ4v) is 3.61. The number of esters is 1. The Morgan fingerprint density at radius 3 is 2.61 bits per heavy atom. The lowest BCUT2D eigenvalue weighted by atomic mass is 10.1. The molecular weight excluding hydrogens is 406 g/mol. The molecule has 0 bridgehead atoms. The van der Waals surface area contributed by atoms with Crippen molar-refractivity contribution in [3.8, 4) is 11.5 Å². The van der Waals surface area contributed by atoms with Crippen LogP contribution in [0.25, 0.3) is 6.08 Å². The quantitative estimate of drug-likeness (QED) is 0.656. The third-order valence-electron chi connectivity index (χ3n) is 3.63. The highest BCUT2D eigenvalue weighted by atomic mass is 35.5. The average molecular weight is 426 g/mol. The largest absolute Gasteiger partial charge is 0.506 e. The summed E-state index contributed by atoms with van der Waals surface area (Å²) in [5.74, 6) is -1.54. The van der Waals surface area contributed by atoms with Crippen molar-refractivity contribution in [3.05, 3.63) is 39.0 Å². The molecule has 0 fully saturated rings. The van der Waals surface area contributed by atoms with E-state index in [-0.39, 0.29) is 50.8 Å². The molecule has 0 saturated heterocycles. The number of amides is 1. The molecule has 1 amide bonds. The van der Waals surface area contributed by atoms with Gasteiger partial charge in [-0.25, -0.2) is 9.79 Å². The Labute approximate surface area is 171 Å². The summed E-state index contributed by atoms with van der Waals surface area (Å²) in [6, 6.07) is 2.99. The molecule has 0 saturated carbocycles. The van der Waals surface area contributed by atoms with E-state index in [1.54, 1.807) is 13.0 Å². The number of carbonyl (C=O) groups is 2. The van der Waals surface area contributed by atoms with Gasteiger partial charge in [-0.3, -0.25) is 4.79 Å². The fraction of sp³-hybridized carbons (Fsp3) is 0.316. The number of methoxy groups -OCH3 is 1. The number of thioether (sulfide) groups is 1. The topological polar surface area (TPSA) is 105 Å². The lowest BCUT2D eigenvalue weighted by Gasteiger charge is -2.07. The molecule has 1 aromatic rings. The van der Waals surface area contributed by atoms with Crippen molar-refractivity contribution in [2.45, 2.75) is 26.7 Å². The summed E-state index contributed by atoms with van der Waals surface area (Å²) in [6.07, 6.45) is 2.38. The maximum absolute atomic E-state index is 12.3. The molecule has 0 spiro atoms. The first kappa shape index (κ1) is 21.8. The molecule has 1 aliphatic heterocycles. The Bertz CT molecular complexity index is 891. The minimum absolute atomic E-state index is 0.0651. The van der Waals surface area contributed by atoms with Crippen molar-refractivity contribution >= 4 is 46.4 Å². The minimum Gasteiger partial charge on any atom is -0.506 e. The van der Waals surface area contributed by atoms with Gasteiger partial charge in [0.05, 0.1) is 23.6 Å². The summed E-state index contributed by atoms with van der Waals surface area (Å²) in [7, 11) is 1.38.